The summed E-state index contributed by atoms with van der Waals surface area (Å²) in [5.74, 6) is -2.33. The molecule has 136 valence electrons. The van der Waals surface area contributed by atoms with Crippen LogP contribution in [-0.4, -0.2) is 28.5 Å². The number of amides is 3. The van der Waals surface area contributed by atoms with Gasteiger partial charge in [0.05, 0.1) is 12.6 Å². The molecule has 2 aromatic carbocycles. The van der Waals surface area contributed by atoms with E-state index < -0.39 is 41.8 Å². The Labute approximate surface area is 153 Å². The minimum absolute atomic E-state index is 0.202. The van der Waals surface area contributed by atoms with Crippen LogP contribution in [0, 0.1) is 11.6 Å². The highest BCUT2D eigenvalue weighted by molar-refractivity contribution is 6.30. The number of aliphatic hydroxyl groups is 1. The highest BCUT2D eigenvalue weighted by Crippen LogP contribution is 2.31. The number of nitrogens with zero attached hydrogens (tertiary/aromatic N) is 1. The van der Waals surface area contributed by atoms with Gasteiger partial charge >= 0.3 is 6.03 Å². The number of urea groups is 1. The van der Waals surface area contributed by atoms with E-state index in [1.54, 1.807) is 24.3 Å². The lowest BCUT2D eigenvalue weighted by Gasteiger charge is -2.23. The first kappa shape index (κ1) is 18.3. The summed E-state index contributed by atoms with van der Waals surface area (Å²) in [5.41, 5.74) is -1.01. The molecule has 0 radical (unpaired) electrons. The smallest absolute Gasteiger partial charge is 0.325 e. The third-order valence-corrected chi connectivity index (χ3v) is 4.63. The zero-order chi connectivity index (χ0) is 19.1. The van der Waals surface area contributed by atoms with E-state index in [4.69, 9.17) is 11.6 Å². The van der Waals surface area contributed by atoms with Crippen LogP contribution in [0.3, 0.4) is 0 Å². The average molecular weight is 381 g/mol. The molecule has 3 rings (SSSR count). The Morgan fingerprint density at radius 2 is 1.85 bits per heavy atom. The van der Waals surface area contributed by atoms with Gasteiger partial charge in [-0.3, -0.25) is 9.69 Å². The van der Waals surface area contributed by atoms with Gasteiger partial charge in [-0.1, -0.05) is 29.8 Å². The van der Waals surface area contributed by atoms with Crippen LogP contribution in [0.4, 0.5) is 13.6 Å². The van der Waals surface area contributed by atoms with Gasteiger partial charge in [-0.25, -0.2) is 13.6 Å². The van der Waals surface area contributed by atoms with Gasteiger partial charge in [0.2, 0.25) is 0 Å². The molecule has 3 amide bonds. The van der Waals surface area contributed by atoms with E-state index in [2.05, 4.69) is 5.32 Å². The predicted molar refractivity (Wildman–Crippen MR) is 90.4 cm³/mol. The number of benzene rings is 2. The molecule has 5 nitrogen and oxygen atoms in total. The number of hydrogen-bond acceptors (Lipinski definition) is 3. The maximum absolute atomic E-state index is 13.8. The fraction of sp³-hybridized carbons (Fsp3) is 0.222. The first-order valence-electron chi connectivity index (χ1n) is 7.75. The Morgan fingerprint density at radius 3 is 2.46 bits per heavy atom. The largest absolute Gasteiger partial charge is 0.386 e. The molecule has 0 aliphatic carbocycles. The van der Waals surface area contributed by atoms with Crippen molar-refractivity contribution in [2.24, 2.45) is 0 Å². The number of halogens is 3. The molecule has 0 aromatic heterocycles. The second-order valence-corrected chi connectivity index (χ2v) is 6.60. The molecule has 1 fully saturated rings. The van der Waals surface area contributed by atoms with Gasteiger partial charge in [-0.05, 0) is 30.7 Å². The number of nitrogens with one attached hydrogen (secondary N) is 1. The second-order valence-electron chi connectivity index (χ2n) is 6.16. The molecule has 2 atom stereocenters. The molecular weight excluding hydrogens is 366 g/mol. The number of rotatable bonds is 4. The average Bonchev–Trinajstić information content (AvgIpc) is 2.79. The van der Waals surface area contributed by atoms with Crippen molar-refractivity contribution < 1.29 is 23.5 Å². The molecule has 26 heavy (non-hydrogen) atoms. The van der Waals surface area contributed by atoms with Crippen LogP contribution >= 0.6 is 11.6 Å². The number of carbonyl (C=O) groups is 2. The van der Waals surface area contributed by atoms with Crippen molar-refractivity contribution >= 4 is 23.5 Å². The molecular formula is C18H15ClF2N2O3. The number of aliphatic hydroxyl groups excluding tert-OH is 1. The summed E-state index contributed by atoms with van der Waals surface area (Å²) in [4.78, 5) is 25.8. The summed E-state index contributed by atoms with van der Waals surface area (Å²) in [6.45, 7) is 1.07. The Morgan fingerprint density at radius 1 is 1.19 bits per heavy atom. The monoisotopic (exact) mass is 380 g/mol. The van der Waals surface area contributed by atoms with Crippen molar-refractivity contribution in [3.63, 3.8) is 0 Å². The molecule has 2 aromatic rings. The second kappa shape index (κ2) is 6.66. The van der Waals surface area contributed by atoms with E-state index in [1.165, 1.54) is 6.92 Å². The van der Waals surface area contributed by atoms with Crippen LogP contribution in [0.15, 0.2) is 42.5 Å². The van der Waals surface area contributed by atoms with Crippen LogP contribution < -0.4 is 5.32 Å². The summed E-state index contributed by atoms with van der Waals surface area (Å²) in [6, 6.07) is 8.38. The molecule has 0 bridgehead atoms. The van der Waals surface area contributed by atoms with Crippen LogP contribution in [0.25, 0.3) is 0 Å². The van der Waals surface area contributed by atoms with Gasteiger partial charge in [0.1, 0.15) is 17.2 Å². The number of β-amino-alcohol motifs (C(OH)–C–C–N with tert-alkyl or cyclic N) is 1. The van der Waals surface area contributed by atoms with Crippen molar-refractivity contribution in [2.75, 3.05) is 6.54 Å². The topological polar surface area (TPSA) is 69.6 Å². The van der Waals surface area contributed by atoms with Crippen LogP contribution in [0.1, 0.15) is 24.2 Å². The van der Waals surface area contributed by atoms with Gasteiger partial charge in [0, 0.05) is 16.7 Å². The summed E-state index contributed by atoms with van der Waals surface area (Å²) >= 11 is 5.84. The van der Waals surface area contributed by atoms with Gasteiger partial charge in [-0.15, -0.1) is 0 Å². The zero-order valence-corrected chi connectivity index (χ0v) is 14.4. The van der Waals surface area contributed by atoms with E-state index in [0.29, 0.717) is 16.7 Å². The minimum atomic E-state index is -1.49. The molecule has 2 N–H and O–H groups in total. The van der Waals surface area contributed by atoms with Crippen molar-refractivity contribution in [3.05, 3.63) is 70.2 Å². The molecule has 2 unspecified atom stereocenters. The highest BCUT2D eigenvalue weighted by atomic mass is 35.5. The van der Waals surface area contributed by atoms with Gasteiger partial charge in [-0.2, -0.15) is 0 Å². The quantitative estimate of drug-likeness (QED) is 0.801. The molecule has 0 spiro atoms. The van der Waals surface area contributed by atoms with Crippen molar-refractivity contribution in [1.82, 2.24) is 10.2 Å². The van der Waals surface area contributed by atoms with Crippen LogP contribution in [0.5, 0.6) is 0 Å². The minimum Gasteiger partial charge on any atom is -0.386 e. The maximum Gasteiger partial charge on any atom is 0.325 e. The maximum atomic E-state index is 13.8. The molecule has 8 heteroatoms. The molecule has 1 aliphatic rings. The van der Waals surface area contributed by atoms with Crippen molar-refractivity contribution in [3.8, 4) is 0 Å². The van der Waals surface area contributed by atoms with Gasteiger partial charge in [0.15, 0.2) is 0 Å². The Kier molecular flexibility index (Phi) is 4.68. The Hall–Kier alpha value is -2.51. The molecule has 0 saturated carbocycles. The lowest BCUT2D eigenvalue weighted by atomic mass is 9.92. The summed E-state index contributed by atoms with van der Waals surface area (Å²) in [7, 11) is 0. The Bertz CT molecular complexity index is 875. The molecule has 1 heterocycles. The molecule has 1 aliphatic heterocycles. The third kappa shape index (κ3) is 3.15. The first-order valence-corrected chi connectivity index (χ1v) is 8.13. The zero-order valence-electron chi connectivity index (χ0n) is 13.7. The fourth-order valence-corrected chi connectivity index (χ4v) is 3.01. The van der Waals surface area contributed by atoms with Crippen LogP contribution in [-0.2, 0) is 10.3 Å². The lowest BCUT2D eigenvalue weighted by molar-refractivity contribution is -0.132. The van der Waals surface area contributed by atoms with Gasteiger partial charge in [0.25, 0.3) is 5.91 Å². The SMILES string of the molecule is CC1(c2ccc(Cl)cc2)NC(=O)N(CC(O)c2ccc(F)cc2F)C1=O. The van der Waals surface area contributed by atoms with E-state index in [1.807, 2.05) is 0 Å². The van der Waals surface area contributed by atoms with Crippen molar-refractivity contribution in [2.45, 2.75) is 18.6 Å². The third-order valence-electron chi connectivity index (χ3n) is 4.37. The standard InChI is InChI=1S/C18H15ClF2N2O3/c1-18(10-2-4-11(19)5-3-10)16(25)23(17(26)22-18)9-15(24)13-7-6-12(20)8-14(13)21/h2-8,15,24H,9H2,1H3,(H,22,26). The van der Waals surface area contributed by atoms with E-state index in [0.717, 1.165) is 17.0 Å². The number of imide groups is 1. The summed E-state index contributed by atoms with van der Waals surface area (Å²) < 4.78 is 26.8. The normalized spacial score (nSPS) is 21.0. The first-order chi connectivity index (χ1) is 12.2. The van der Waals surface area contributed by atoms with Crippen molar-refractivity contribution in [1.29, 1.82) is 0 Å². The van der Waals surface area contributed by atoms with E-state index in [-0.39, 0.29) is 5.56 Å². The van der Waals surface area contributed by atoms with Crippen LogP contribution in [0.2, 0.25) is 5.02 Å². The fourth-order valence-electron chi connectivity index (χ4n) is 2.88. The molecule has 1 saturated heterocycles. The number of carbonyl (C=O) groups excluding carboxylic acids is 2. The number of hydrogen-bond donors (Lipinski definition) is 2. The van der Waals surface area contributed by atoms with E-state index >= 15 is 0 Å². The highest BCUT2D eigenvalue weighted by Gasteiger charge is 2.49. The predicted octanol–water partition coefficient (Wildman–Crippen LogP) is 3.12. The van der Waals surface area contributed by atoms with Gasteiger partial charge < -0.3 is 10.4 Å². The Balaban J connectivity index is 1.84. The lowest BCUT2D eigenvalue weighted by Crippen LogP contribution is -2.41. The summed E-state index contributed by atoms with van der Waals surface area (Å²) in [6.07, 6.45) is -1.49. The summed E-state index contributed by atoms with van der Waals surface area (Å²) in [5, 5.41) is 13.3. The van der Waals surface area contributed by atoms with E-state index in [9.17, 15) is 23.5 Å².